The normalized spacial score (nSPS) is 31.1. The third-order valence-corrected chi connectivity index (χ3v) is 5.27. The topological polar surface area (TPSA) is 23.5 Å². The lowest BCUT2D eigenvalue weighted by molar-refractivity contribution is 0.0718. The zero-order chi connectivity index (χ0) is 14.1. The van der Waals surface area contributed by atoms with Gasteiger partial charge in [-0.05, 0) is 43.9 Å². The monoisotopic (exact) mass is 297 g/mol. The quantitative estimate of drug-likeness (QED) is 0.921. The Balaban J connectivity index is 1.74. The highest BCUT2D eigenvalue weighted by molar-refractivity contribution is 6.31. The van der Waals surface area contributed by atoms with Crippen molar-refractivity contribution in [2.45, 2.75) is 50.8 Å². The summed E-state index contributed by atoms with van der Waals surface area (Å²) in [5.74, 6) is 0.0330. The molecule has 2 fully saturated rings. The summed E-state index contributed by atoms with van der Waals surface area (Å²) < 4.78 is 13.5. The molecule has 3 unspecified atom stereocenters. The van der Waals surface area contributed by atoms with Crippen LogP contribution in [-0.2, 0) is 6.54 Å². The first-order valence-corrected chi connectivity index (χ1v) is 7.89. The van der Waals surface area contributed by atoms with Crippen LogP contribution in [0.1, 0.15) is 37.7 Å². The maximum absolute atomic E-state index is 13.5. The molecule has 2 nitrogen and oxygen atoms in total. The van der Waals surface area contributed by atoms with Gasteiger partial charge in [0, 0.05) is 18.5 Å². The summed E-state index contributed by atoms with van der Waals surface area (Å²) in [6.07, 6.45) is 5.28. The SMILES string of the molecule is OC1CCCC1C1CCCN1Cc1cccc(F)c1Cl. The van der Waals surface area contributed by atoms with Crippen LogP contribution >= 0.6 is 11.6 Å². The molecule has 1 aliphatic heterocycles. The van der Waals surface area contributed by atoms with Crippen LogP contribution in [0.5, 0.6) is 0 Å². The number of halogens is 2. The maximum atomic E-state index is 13.5. The van der Waals surface area contributed by atoms with E-state index in [4.69, 9.17) is 11.6 Å². The number of nitrogens with zero attached hydrogens (tertiary/aromatic N) is 1. The Kier molecular flexibility index (Phi) is 4.29. The minimum atomic E-state index is -0.346. The summed E-state index contributed by atoms with van der Waals surface area (Å²) in [5, 5.41) is 10.4. The Bertz CT molecular complexity index is 482. The molecule has 20 heavy (non-hydrogen) atoms. The Morgan fingerprint density at radius 3 is 2.85 bits per heavy atom. The molecule has 3 atom stereocenters. The van der Waals surface area contributed by atoms with Crippen LogP contribution in [-0.4, -0.2) is 28.7 Å². The fourth-order valence-electron chi connectivity index (χ4n) is 3.84. The second-order valence-electron chi connectivity index (χ2n) is 6.06. The van der Waals surface area contributed by atoms with E-state index in [9.17, 15) is 9.50 Å². The van der Waals surface area contributed by atoms with Crippen LogP contribution < -0.4 is 0 Å². The molecule has 1 aromatic carbocycles. The van der Waals surface area contributed by atoms with Gasteiger partial charge in [-0.2, -0.15) is 0 Å². The van der Waals surface area contributed by atoms with Crippen molar-refractivity contribution in [2.75, 3.05) is 6.54 Å². The smallest absolute Gasteiger partial charge is 0.142 e. The summed E-state index contributed by atoms with van der Waals surface area (Å²) >= 11 is 6.06. The highest BCUT2D eigenvalue weighted by Crippen LogP contribution is 2.37. The number of benzene rings is 1. The van der Waals surface area contributed by atoms with E-state index in [1.807, 2.05) is 6.07 Å². The zero-order valence-corrected chi connectivity index (χ0v) is 12.3. The molecule has 1 aliphatic carbocycles. The summed E-state index contributed by atoms with van der Waals surface area (Å²) in [5.41, 5.74) is 0.853. The van der Waals surface area contributed by atoms with Crippen LogP contribution in [0, 0.1) is 11.7 Å². The summed E-state index contributed by atoms with van der Waals surface area (Å²) in [6.45, 7) is 1.70. The zero-order valence-electron chi connectivity index (χ0n) is 11.6. The van der Waals surface area contributed by atoms with Gasteiger partial charge >= 0.3 is 0 Å². The van der Waals surface area contributed by atoms with E-state index in [1.165, 1.54) is 6.07 Å². The second kappa shape index (κ2) is 6.00. The van der Waals surface area contributed by atoms with Gasteiger partial charge in [0.2, 0.25) is 0 Å². The van der Waals surface area contributed by atoms with Crippen LogP contribution in [0.2, 0.25) is 5.02 Å². The average molecular weight is 298 g/mol. The van der Waals surface area contributed by atoms with Gasteiger partial charge in [-0.1, -0.05) is 30.2 Å². The average Bonchev–Trinajstić information content (AvgIpc) is 3.03. The maximum Gasteiger partial charge on any atom is 0.142 e. The van der Waals surface area contributed by atoms with Gasteiger partial charge in [-0.15, -0.1) is 0 Å². The van der Waals surface area contributed by atoms with Gasteiger partial charge in [0.25, 0.3) is 0 Å². The lowest BCUT2D eigenvalue weighted by Gasteiger charge is -2.31. The summed E-state index contributed by atoms with van der Waals surface area (Å²) in [6, 6.07) is 5.43. The van der Waals surface area contributed by atoms with Crippen molar-refractivity contribution in [3.05, 3.63) is 34.6 Å². The third kappa shape index (κ3) is 2.72. The van der Waals surface area contributed by atoms with E-state index in [0.717, 1.165) is 44.2 Å². The molecule has 0 spiro atoms. The van der Waals surface area contributed by atoms with E-state index in [2.05, 4.69) is 4.90 Å². The number of rotatable bonds is 3. The van der Waals surface area contributed by atoms with Crippen molar-refractivity contribution in [1.29, 1.82) is 0 Å². The first-order valence-electron chi connectivity index (χ1n) is 7.52. The van der Waals surface area contributed by atoms with Gasteiger partial charge in [0.15, 0.2) is 0 Å². The molecule has 1 aromatic rings. The third-order valence-electron chi connectivity index (χ3n) is 4.85. The van der Waals surface area contributed by atoms with Crippen LogP contribution in [0.4, 0.5) is 4.39 Å². The lowest BCUT2D eigenvalue weighted by Crippen LogP contribution is -2.38. The Labute approximate surface area is 124 Å². The van der Waals surface area contributed by atoms with Crippen molar-refractivity contribution in [1.82, 2.24) is 4.90 Å². The Hall–Kier alpha value is -0.640. The standard InChI is InChI=1S/C16H21ClFNO/c17-16-11(4-1-6-13(16)18)10-19-9-3-7-14(19)12-5-2-8-15(12)20/h1,4,6,12,14-15,20H,2-3,5,7-10H2. The molecule has 1 heterocycles. The molecule has 0 bridgehead atoms. The van der Waals surface area contributed by atoms with E-state index in [-0.39, 0.29) is 16.9 Å². The van der Waals surface area contributed by atoms with Crippen molar-refractivity contribution in [3.8, 4) is 0 Å². The number of aliphatic hydroxyl groups is 1. The van der Waals surface area contributed by atoms with Gasteiger partial charge in [-0.25, -0.2) is 4.39 Å². The minimum Gasteiger partial charge on any atom is -0.393 e. The van der Waals surface area contributed by atoms with Crippen molar-refractivity contribution in [2.24, 2.45) is 5.92 Å². The van der Waals surface area contributed by atoms with Crippen molar-refractivity contribution in [3.63, 3.8) is 0 Å². The first-order chi connectivity index (χ1) is 9.66. The number of likely N-dealkylation sites (tertiary alicyclic amines) is 1. The number of hydrogen-bond donors (Lipinski definition) is 1. The molecule has 110 valence electrons. The van der Waals surface area contributed by atoms with E-state index in [1.54, 1.807) is 6.07 Å². The van der Waals surface area contributed by atoms with Gasteiger partial charge in [-0.3, -0.25) is 4.90 Å². The number of hydrogen-bond acceptors (Lipinski definition) is 2. The molecule has 3 rings (SSSR count). The van der Waals surface area contributed by atoms with Crippen LogP contribution in [0.15, 0.2) is 18.2 Å². The van der Waals surface area contributed by atoms with E-state index < -0.39 is 0 Å². The van der Waals surface area contributed by atoms with E-state index >= 15 is 0 Å². The van der Waals surface area contributed by atoms with Crippen LogP contribution in [0.25, 0.3) is 0 Å². The Morgan fingerprint density at radius 1 is 1.25 bits per heavy atom. The van der Waals surface area contributed by atoms with Crippen molar-refractivity contribution >= 4 is 11.6 Å². The molecular formula is C16H21ClFNO. The van der Waals surface area contributed by atoms with Gasteiger partial charge in [0.05, 0.1) is 11.1 Å². The molecule has 4 heteroatoms. The molecule has 0 aromatic heterocycles. The van der Waals surface area contributed by atoms with Crippen LogP contribution in [0.3, 0.4) is 0 Å². The van der Waals surface area contributed by atoms with Gasteiger partial charge in [0.1, 0.15) is 5.82 Å². The molecule has 0 amide bonds. The fourth-order valence-corrected chi connectivity index (χ4v) is 4.03. The molecule has 1 saturated carbocycles. The largest absolute Gasteiger partial charge is 0.393 e. The number of aliphatic hydroxyl groups excluding tert-OH is 1. The van der Waals surface area contributed by atoms with Gasteiger partial charge < -0.3 is 5.11 Å². The lowest BCUT2D eigenvalue weighted by atomic mass is 9.94. The van der Waals surface area contributed by atoms with Crippen molar-refractivity contribution < 1.29 is 9.50 Å². The molecule has 1 N–H and O–H groups in total. The highest BCUT2D eigenvalue weighted by atomic mass is 35.5. The summed E-state index contributed by atoms with van der Waals surface area (Å²) in [4.78, 5) is 2.37. The highest BCUT2D eigenvalue weighted by Gasteiger charge is 2.38. The minimum absolute atomic E-state index is 0.163. The molecule has 2 aliphatic rings. The first kappa shape index (κ1) is 14.3. The fraction of sp³-hybridized carbons (Fsp3) is 0.625. The molecule has 1 saturated heterocycles. The molecular weight excluding hydrogens is 277 g/mol. The van der Waals surface area contributed by atoms with E-state index in [0.29, 0.717) is 18.5 Å². The predicted molar refractivity (Wildman–Crippen MR) is 78.2 cm³/mol. The predicted octanol–water partition coefficient (Wildman–Crippen LogP) is 3.60. The summed E-state index contributed by atoms with van der Waals surface area (Å²) in [7, 11) is 0. The second-order valence-corrected chi connectivity index (χ2v) is 6.43. The molecule has 0 radical (unpaired) electrons. The Morgan fingerprint density at radius 2 is 2.10 bits per heavy atom.